The van der Waals surface area contributed by atoms with Crippen LogP contribution in [0.3, 0.4) is 0 Å². The van der Waals surface area contributed by atoms with Crippen LogP contribution in [0.2, 0.25) is 0 Å². The molecule has 4 aromatic rings. The van der Waals surface area contributed by atoms with Crippen molar-refractivity contribution in [2.75, 3.05) is 18.0 Å². The van der Waals surface area contributed by atoms with E-state index < -0.39 is 0 Å². The van der Waals surface area contributed by atoms with Gasteiger partial charge in [-0.05, 0) is 64.5 Å². The summed E-state index contributed by atoms with van der Waals surface area (Å²) < 4.78 is 7.01. The van der Waals surface area contributed by atoms with Gasteiger partial charge in [0, 0.05) is 18.8 Å². The van der Waals surface area contributed by atoms with E-state index in [-0.39, 0.29) is 16.5 Å². The van der Waals surface area contributed by atoms with Crippen molar-refractivity contribution in [3.05, 3.63) is 57.9 Å². The third kappa shape index (κ3) is 2.72. The Labute approximate surface area is 185 Å². The molecular formula is C26H26N2O2S. The third-order valence-electron chi connectivity index (χ3n) is 7.26. The molecule has 0 spiro atoms. The molecule has 0 atom stereocenters. The summed E-state index contributed by atoms with van der Waals surface area (Å²) in [5.74, 6) is 0.560. The first kappa shape index (κ1) is 19.1. The predicted molar refractivity (Wildman–Crippen MR) is 129 cm³/mol. The average molecular weight is 431 g/mol. The van der Waals surface area contributed by atoms with Crippen LogP contribution in [-0.4, -0.2) is 18.1 Å². The van der Waals surface area contributed by atoms with E-state index >= 15 is 0 Å². The zero-order chi connectivity index (χ0) is 21.5. The lowest BCUT2D eigenvalue weighted by atomic mass is 9.68. The molecule has 4 heterocycles. The zero-order valence-corrected chi connectivity index (χ0v) is 19.2. The van der Waals surface area contributed by atoms with Crippen molar-refractivity contribution in [3.63, 3.8) is 0 Å². The molecule has 0 radical (unpaired) electrons. The van der Waals surface area contributed by atoms with Crippen LogP contribution < -0.4 is 10.5 Å². The van der Waals surface area contributed by atoms with Gasteiger partial charge in [-0.1, -0.05) is 39.8 Å². The van der Waals surface area contributed by atoms with Gasteiger partial charge in [0.1, 0.15) is 0 Å². The van der Waals surface area contributed by atoms with Crippen molar-refractivity contribution in [1.82, 2.24) is 4.98 Å². The van der Waals surface area contributed by atoms with E-state index in [0.29, 0.717) is 5.76 Å². The first-order chi connectivity index (χ1) is 14.7. The molecule has 2 aromatic heterocycles. The summed E-state index contributed by atoms with van der Waals surface area (Å²) >= 11 is 1.57. The van der Waals surface area contributed by atoms with Gasteiger partial charge in [-0.3, -0.25) is 0 Å². The number of hydrogen-bond acceptors (Lipinski definition) is 5. The summed E-state index contributed by atoms with van der Waals surface area (Å²) in [6.07, 6.45) is 2.16. The number of hydrogen-bond donors (Lipinski definition) is 0. The summed E-state index contributed by atoms with van der Waals surface area (Å²) in [5.41, 5.74) is 4.50. The molecule has 0 amide bonds. The van der Waals surface area contributed by atoms with Gasteiger partial charge in [-0.15, -0.1) is 11.3 Å². The Balaban J connectivity index is 1.68. The second-order valence-corrected chi connectivity index (χ2v) is 11.3. The Kier molecular flexibility index (Phi) is 3.81. The Bertz CT molecular complexity index is 1390. The van der Waals surface area contributed by atoms with Crippen LogP contribution in [0.4, 0.5) is 5.69 Å². The van der Waals surface area contributed by atoms with E-state index in [1.807, 2.05) is 24.3 Å². The van der Waals surface area contributed by atoms with Crippen molar-refractivity contribution in [1.29, 1.82) is 0 Å². The largest absolute Gasteiger partial charge is 0.420 e. The molecule has 0 saturated heterocycles. The van der Waals surface area contributed by atoms with Crippen molar-refractivity contribution in [3.8, 4) is 10.8 Å². The van der Waals surface area contributed by atoms with E-state index in [2.05, 4.69) is 44.7 Å². The summed E-state index contributed by atoms with van der Waals surface area (Å²) in [6.45, 7) is 11.3. The highest BCUT2D eigenvalue weighted by Gasteiger charge is 2.41. The van der Waals surface area contributed by atoms with E-state index in [4.69, 9.17) is 9.40 Å². The van der Waals surface area contributed by atoms with Crippen LogP contribution in [-0.2, 0) is 10.8 Å². The summed E-state index contributed by atoms with van der Waals surface area (Å²) in [6, 6.07) is 12.3. The van der Waals surface area contributed by atoms with Crippen LogP contribution in [0.1, 0.15) is 51.7 Å². The van der Waals surface area contributed by atoms with E-state index in [1.165, 1.54) is 16.8 Å². The minimum absolute atomic E-state index is 0.0699. The molecule has 31 heavy (non-hydrogen) atoms. The highest BCUT2D eigenvalue weighted by molar-refractivity contribution is 7.21. The Morgan fingerprint density at radius 2 is 1.77 bits per heavy atom. The molecular weight excluding hydrogens is 404 g/mol. The number of benzene rings is 2. The number of anilines is 1. The number of nitrogens with zero attached hydrogens (tertiary/aromatic N) is 2. The molecule has 158 valence electrons. The Hall–Kier alpha value is -2.66. The molecule has 5 heteroatoms. The van der Waals surface area contributed by atoms with E-state index in [9.17, 15) is 4.79 Å². The van der Waals surface area contributed by atoms with Gasteiger partial charge >= 0.3 is 5.63 Å². The third-order valence-corrected chi connectivity index (χ3v) is 8.32. The minimum Gasteiger partial charge on any atom is -0.420 e. The fourth-order valence-electron chi connectivity index (χ4n) is 5.36. The highest BCUT2D eigenvalue weighted by atomic mass is 32.1. The lowest BCUT2D eigenvalue weighted by molar-refractivity contribution is 0.403. The molecule has 0 saturated carbocycles. The maximum Gasteiger partial charge on any atom is 0.344 e. The first-order valence-corrected chi connectivity index (χ1v) is 11.8. The molecule has 2 aliphatic heterocycles. The lowest BCUT2D eigenvalue weighted by Gasteiger charge is -2.48. The van der Waals surface area contributed by atoms with Crippen LogP contribution in [0.25, 0.3) is 31.8 Å². The fraction of sp³-hybridized carbons (Fsp3) is 0.385. The molecule has 0 N–H and O–H groups in total. The van der Waals surface area contributed by atoms with Crippen molar-refractivity contribution in [2.24, 2.45) is 0 Å². The van der Waals surface area contributed by atoms with Crippen molar-refractivity contribution >= 4 is 38.0 Å². The normalized spacial score (nSPS) is 19.0. The Morgan fingerprint density at radius 3 is 2.55 bits per heavy atom. The van der Waals surface area contributed by atoms with Gasteiger partial charge in [0.05, 0.1) is 15.6 Å². The molecule has 2 aliphatic rings. The van der Waals surface area contributed by atoms with Gasteiger partial charge in [0.15, 0.2) is 10.8 Å². The van der Waals surface area contributed by atoms with E-state index in [1.54, 1.807) is 11.3 Å². The Morgan fingerprint density at radius 1 is 1.03 bits per heavy atom. The first-order valence-electron chi connectivity index (χ1n) is 11.0. The lowest BCUT2D eigenvalue weighted by Crippen LogP contribution is -2.45. The summed E-state index contributed by atoms with van der Waals surface area (Å²) in [5, 5.41) is 2.48. The highest BCUT2D eigenvalue weighted by Crippen LogP contribution is 2.51. The second-order valence-electron chi connectivity index (χ2n) is 10.3. The van der Waals surface area contributed by atoms with Gasteiger partial charge < -0.3 is 9.32 Å². The average Bonchev–Trinajstić information content (AvgIpc) is 3.16. The number of aromatic nitrogens is 1. The molecule has 0 fully saturated rings. The maximum absolute atomic E-state index is 13.4. The monoisotopic (exact) mass is 430 g/mol. The van der Waals surface area contributed by atoms with Crippen LogP contribution in [0.5, 0.6) is 0 Å². The van der Waals surface area contributed by atoms with Gasteiger partial charge in [-0.25, -0.2) is 9.78 Å². The molecule has 4 nitrogen and oxygen atoms in total. The van der Waals surface area contributed by atoms with Gasteiger partial charge in [0.2, 0.25) is 0 Å². The minimum atomic E-state index is -0.247. The number of fused-ring (bicyclic) bond motifs is 3. The molecule has 6 rings (SSSR count). The molecule has 0 aliphatic carbocycles. The fourth-order valence-corrected chi connectivity index (χ4v) is 6.28. The summed E-state index contributed by atoms with van der Waals surface area (Å²) in [7, 11) is 0. The van der Waals surface area contributed by atoms with Crippen LogP contribution in [0, 0.1) is 0 Å². The van der Waals surface area contributed by atoms with Crippen molar-refractivity contribution in [2.45, 2.75) is 51.4 Å². The molecule has 0 bridgehead atoms. The molecule has 0 unspecified atom stereocenters. The van der Waals surface area contributed by atoms with Gasteiger partial charge in [0.25, 0.3) is 0 Å². The number of para-hydroxylation sites is 1. The molecule has 2 aromatic carbocycles. The van der Waals surface area contributed by atoms with Crippen molar-refractivity contribution < 1.29 is 4.42 Å². The second kappa shape index (κ2) is 6.19. The van der Waals surface area contributed by atoms with Crippen LogP contribution >= 0.6 is 11.3 Å². The number of thiazole rings is 1. The maximum atomic E-state index is 13.4. The smallest absolute Gasteiger partial charge is 0.344 e. The van der Waals surface area contributed by atoms with Crippen LogP contribution in [0.15, 0.2) is 45.6 Å². The predicted octanol–water partition coefficient (Wildman–Crippen LogP) is 6.24. The standard InChI is InChI=1S/C26H26N2O2S/c1-25(2)9-11-28-12-10-26(3,4)21-20-15(13-16(25)22(21)28)14-18(30-24(20)29)23-27-17-7-5-6-8-19(17)31-23/h5-8,13-14H,9-12H2,1-4H3. The topological polar surface area (TPSA) is 46.3 Å². The summed E-state index contributed by atoms with van der Waals surface area (Å²) in [4.78, 5) is 20.6. The number of rotatable bonds is 1. The van der Waals surface area contributed by atoms with E-state index in [0.717, 1.165) is 51.9 Å². The SMILES string of the molecule is CC1(C)CCN2CCC(C)(C)c3c2c1cc1cc(-c2nc4ccccc4s2)oc(=O)c31. The zero-order valence-electron chi connectivity index (χ0n) is 18.4. The van der Waals surface area contributed by atoms with Gasteiger partial charge in [-0.2, -0.15) is 0 Å². The quantitative estimate of drug-likeness (QED) is 0.359.